The molecule has 1 aliphatic rings. The summed E-state index contributed by atoms with van der Waals surface area (Å²) in [5, 5.41) is 10.4. The van der Waals surface area contributed by atoms with Gasteiger partial charge in [0.25, 0.3) is 6.01 Å². The fraction of sp³-hybridized carbons (Fsp3) is 0.308. The Morgan fingerprint density at radius 2 is 1.59 bits per heavy atom. The van der Waals surface area contributed by atoms with Crippen LogP contribution in [-0.4, -0.2) is 32.3 Å². The van der Waals surface area contributed by atoms with Gasteiger partial charge in [-0.3, -0.25) is 0 Å². The number of halogens is 1. The van der Waals surface area contributed by atoms with E-state index in [9.17, 15) is 5.11 Å². The Bertz CT molecular complexity index is 1200. The second-order valence-corrected chi connectivity index (χ2v) is 8.98. The first-order valence-electron chi connectivity index (χ1n) is 11.1. The zero-order valence-corrected chi connectivity index (χ0v) is 18.7. The third-order valence-electron chi connectivity index (χ3n) is 6.35. The summed E-state index contributed by atoms with van der Waals surface area (Å²) in [5.74, 6) is 0.363. The van der Waals surface area contributed by atoms with Crippen LogP contribution in [0.3, 0.4) is 0 Å². The van der Waals surface area contributed by atoms with Gasteiger partial charge in [0.05, 0.1) is 22.3 Å². The van der Waals surface area contributed by atoms with Crippen molar-refractivity contribution in [2.75, 3.05) is 0 Å². The lowest BCUT2D eigenvalue weighted by atomic mass is 9.84. The van der Waals surface area contributed by atoms with Crippen LogP contribution < -0.4 is 4.74 Å². The van der Waals surface area contributed by atoms with Gasteiger partial charge in [-0.05, 0) is 55.7 Å². The molecule has 1 saturated carbocycles. The largest absolute Gasteiger partial charge is 0.461 e. The maximum absolute atomic E-state index is 9.79. The molecule has 4 aromatic rings. The first-order valence-corrected chi connectivity index (χ1v) is 11.5. The van der Waals surface area contributed by atoms with Crippen LogP contribution in [0.4, 0.5) is 0 Å². The van der Waals surface area contributed by atoms with E-state index in [1.54, 1.807) is 0 Å². The number of nitrogens with one attached hydrogen (secondary N) is 1. The number of benzene rings is 2. The normalized spacial score (nSPS) is 19.7. The highest BCUT2D eigenvalue weighted by atomic mass is 35.5. The number of hydrogen-bond acceptors (Lipinski definition) is 4. The summed E-state index contributed by atoms with van der Waals surface area (Å²) in [5.41, 5.74) is 5.31. The summed E-state index contributed by atoms with van der Waals surface area (Å²) >= 11 is 6.57. The van der Waals surface area contributed by atoms with Crippen molar-refractivity contribution in [1.82, 2.24) is 15.0 Å². The fourth-order valence-electron chi connectivity index (χ4n) is 4.45. The van der Waals surface area contributed by atoms with Crippen LogP contribution in [0.2, 0.25) is 5.02 Å². The molecule has 2 aromatic heterocycles. The average molecular weight is 448 g/mol. The van der Waals surface area contributed by atoms with E-state index in [1.807, 2.05) is 43.3 Å². The summed E-state index contributed by atoms with van der Waals surface area (Å²) in [6.45, 7) is 1.87. The molecule has 1 unspecified atom stereocenters. The van der Waals surface area contributed by atoms with Crippen molar-refractivity contribution in [2.24, 2.45) is 5.92 Å². The van der Waals surface area contributed by atoms with Crippen molar-refractivity contribution < 1.29 is 9.84 Å². The Morgan fingerprint density at radius 3 is 2.28 bits per heavy atom. The predicted molar refractivity (Wildman–Crippen MR) is 128 cm³/mol. The SMILES string of the molecule is CC(O)[C@H]1CC[C@H](Oc2nc3nc(-c4ccc(-c5ccccc5)cc4)c(Cl)cc3[nH]2)CC1. The highest BCUT2D eigenvalue weighted by Gasteiger charge is 2.26. The molecule has 0 saturated heterocycles. The van der Waals surface area contributed by atoms with Crippen LogP contribution >= 0.6 is 11.6 Å². The zero-order valence-electron chi connectivity index (χ0n) is 18.0. The number of aliphatic hydroxyl groups excluding tert-OH is 1. The summed E-state index contributed by atoms with van der Waals surface area (Å²) in [7, 11) is 0. The Morgan fingerprint density at radius 1 is 0.938 bits per heavy atom. The number of imidazole rings is 1. The number of hydrogen-bond donors (Lipinski definition) is 2. The minimum absolute atomic E-state index is 0.103. The van der Waals surface area contributed by atoms with Crippen LogP contribution in [-0.2, 0) is 0 Å². The summed E-state index contributed by atoms with van der Waals surface area (Å²) in [6, 6.07) is 20.8. The molecule has 6 heteroatoms. The number of pyridine rings is 1. The molecule has 5 nitrogen and oxygen atoms in total. The van der Waals surface area contributed by atoms with Gasteiger partial charge in [0.2, 0.25) is 0 Å². The maximum atomic E-state index is 9.79. The summed E-state index contributed by atoms with van der Waals surface area (Å²) < 4.78 is 6.09. The molecule has 2 N–H and O–H groups in total. The Labute approximate surface area is 192 Å². The van der Waals surface area contributed by atoms with E-state index in [4.69, 9.17) is 21.3 Å². The van der Waals surface area contributed by atoms with Crippen LogP contribution in [0.5, 0.6) is 6.01 Å². The number of aliphatic hydroxyl groups is 1. The Hall–Kier alpha value is -2.89. The molecule has 1 aliphatic carbocycles. The van der Waals surface area contributed by atoms with E-state index in [2.05, 4.69) is 34.2 Å². The van der Waals surface area contributed by atoms with Crippen molar-refractivity contribution in [3.63, 3.8) is 0 Å². The molecule has 164 valence electrons. The molecule has 32 heavy (non-hydrogen) atoms. The topological polar surface area (TPSA) is 71.0 Å². The van der Waals surface area contributed by atoms with Gasteiger partial charge in [-0.1, -0.05) is 66.2 Å². The lowest BCUT2D eigenvalue weighted by Crippen LogP contribution is -2.29. The number of aromatic amines is 1. The second kappa shape index (κ2) is 8.93. The molecule has 0 bridgehead atoms. The molecule has 0 aliphatic heterocycles. The van der Waals surface area contributed by atoms with E-state index in [0.29, 0.717) is 28.3 Å². The molecule has 0 spiro atoms. The van der Waals surface area contributed by atoms with Crippen LogP contribution in [0, 0.1) is 5.92 Å². The van der Waals surface area contributed by atoms with Crippen molar-refractivity contribution in [1.29, 1.82) is 0 Å². The highest BCUT2D eigenvalue weighted by Crippen LogP contribution is 2.32. The van der Waals surface area contributed by atoms with Crippen molar-refractivity contribution in [3.8, 4) is 28.4 Å². The number of rotatable bonds is 5. The third kappa shape index (κ3) is 4.36. The lowest BCUT2D eigenvalue weighted by molar-refractivity contribution is 0.0579. The van der Waals surface area contributed by atoms with Crippen molar-refractivity contribution >= 4 is 22.8 Å². The summed E-state index contributed by atoms with van der Waals surface area (Å²) in [4.78, 5) is 12.5. The minimum atomic E-state index is -0.256. The first-order chi connectivity index (χ1) is 15.6. The average Bonchev–Trinajstić information content (AvgIpc) is 3.20. The van der Waals surface area contributed by atoms with Gasteiger partial charge in [0.1, 0.15) is 6.10 Å². The smallest absolute Gasteiger partial charge is 0.296 e. The van der Waals surface area contributed by atoms with Gasteiger partial charge < -0.3 is 14.8 Å². The van der Waals surface area contributed by atoms with Gasteiger partial charge in [-0.15, -0.1) is 0 Å². The molecule has 2 heterocycles. The molecule has 1 atom stereocenters. The quantitative estimate of drug-likeness (QED) is 0.378. The minimum Gasteiger partial charge on any atom is -0.461 e. The van der Waals surface area contributed by atoms with Gasteiger partial charge in [0, 0.05) is 5.56 Å². The zero-order chi connectivity index (χ0) is 22.1. The van der Waals surface area contributed by atoms with Crippen molar-refractivity contribution in [3.05, 3.63) is 65.7 Å². The number of ether oxygens (including phenoxy) is 1. The van der Waals surface area contributed by atoms with Gasteiger partial charge in [-0.2, -0.15) is 4.98 Å². The van der Waals surface area contributed by atoms with E-state index in [0.717, 1.165) is 42.3 Å². The Balaban J connectivity index is 1.35. The molecule has 2 aromatic carbocycles. The summed E-state index contributed by atoms with van der Waals surface area (Å²) in [6.07, 6.45) is 3.62. The van der Waals surface area contributed by atoms with Gasteiger partial charge in [0.15, 0.2) is 5.65 Å². The van der Waals surface area contributed by atoms with Crippen LogP contribution in [0.1, 0.15) is 32.6 Å². The lowest BCUT2D eigenvalue weighted by Gasteiger charge is -2.29. The van der Waals surface area contributed by atoms with E-state index >= 15 is 0 Å². The van der Waals surface area contributed by atoms with Crippen LogP contribution in [0.25, 0.3) is 33.5 Å². The van der Waals surface area contributed by atoms with Crippen molar-refractivity contribution in [2.45, 2.75) is 44.8 Å². The van der Waals surface area contributed by atoms with E-state index in [1.165, 1.54) is 5.56 Å². The molecule has 0 radical (unpaired) electrons. The number of H-pyrrole nitrogens is 1. The molecule has 1 fully saturated rings. The second-order valence-electron chi connectivity index (χ2n) is 8.57. The van der Waals surface area contributed by atoms with E-state index < -0.39 is 0 Å². The number of nitrogens with zero attached hydrogens (tertiary/aromatic N) is 2. The predicted octanol–water partition coefficient (Wildman–Crippen LogP) is 6.26. The van der Waals surface area contributed by atoms with Crippen LogP contribution in [0.15, 0.2) is 60.7 Å². The Kier molecular flexibility index (Phi) is 5.85. The molecular formula is C26H26ClN3O2. The standard InChI is InChI=1S/C26H26ClN3O2/c1-16(31)17-11-13-21(14-12-17)32-26-28-23-15-22(27)24(29-25(23)30-26)20-9-7-19(8-10-20)18-5-3-2-4-6-18/h2-10,15-17,21,31H,11-14H2,1H3,(H,28,29,30)/t16?,17-,21-. The third-order valence-corrected chi connectivity index (χ3v) is 6.64. The highest BCUT2D eigenvalue weighted by molar-refractivity contribution is 6.33. The van der Waals surface area contributed by atoms with E-state index in [-0.39, 0.29) is 12.2 Å². The number of fused-ring (bicyclic) bond motifs is 1. The van der Waals surface area contributed by atoms with Gasteiger partial charge >= 0.3 is 0 Å². The molecule has 0 amide bonds. The maximum Gasteiger partial charge on any atom is 0.296 e. The number of aromatic nitrogens is 3. The first kappa shape index (κ1) is 21.0. The fourth-order valence-corrected chi connectivity index (χ4v) is 4.71. The molecular weight excluding hydrogens is 422 g/mol. The van der Waals surface area contributed by atoms with Gasteiger partial charge in [-0.25, -0.2) is 4.98 Å². The monoisotopic (exact) mass is 447 g/mol. The molecule has 5 rings (SSSR count).